The van der Waals surface area contributed by atoms with Crippen LogP contribution < -0.4 is 0 Å². The van der Waals surface area contributed by atoms with Crippen molar-refractivity contribution in [1.82, 2.24) is 0 Å². The molecule has 3 aliphatic carbocycles. The molecule has 25 heavy (non-hydrogen) atoms. The Morgan fingerprint density at radius 2 is 2.12 bits per heavy atom. The molecule has 0 aromatic heterocycles. The molecule has 132 valence electrons. The summed E-state index contributed by atoms with van der Waals surface area (Å²) in [5.41, 5.74) is 3.76. The number of Topliss-reactive ketones (excluding diaryl/α,β-unsaturated/α-hetero) is 1. The molecular formula is C23H28O2. The fourth-order valence-electron chi connectivity index (χ4n) is 6.01. The highest BCUT2D eigenvalue weighted by Gasteiger charge is 2.54. The number of aryl methyl sites for hydroxylation is 2. The SMILES string of the molecule is C#CCCCc1cc2c(cc1O)CC[C@@H]1[C@@H]2CC[C@]2(C)C(=O)CC[C@@H]12. The van der Waals surface area contributed by atoms with Gasteiger partial charge in [-0.25, -0.2) is 0 Å². The van der Waals surface area contributed by atoms with Crippen LogP contribution in [0.25, 0.3) is 0 Å². The number of hydrogen-bond acceptors (Lipinski definition) is 2. The first kappa shape index (κ1) is 16.7. The number of carbonyl (C=O) groups excluding carboxylic acids is 1. The van der Waals surface area contributed by atoms with Crippen molar-refractivity contribution in [2.75, 3.05) is 0 Å². The zero-order valence-electron chi connectivity index (χ0n) is 15.2. The molecule has 2 fully saturated rings. The first-order chi connectivity index (χ1) is 12.0. The molecule has 1 N–H and O–H groups in total. The Hall–Kier alpha value is -1.75. The molecule has 0 unspecified atom stereocenters. The summed E-state index contributed by atoms with van der Waals surface area (Å²) in [5, 5.41) is 10.4. The quantitative estimate of drug-likeness (QED) is 0.637. The largest absolute Gasteiger partial charge is 0.508 e. The number of rotatable bonds is 3. The maximum absolute atomic E-state index is 12.4. The highest BCUT2D eigenvalue weighted by atomic mass is 16.3. The molecule has 2 heteroatoms. The van der Waals surface area contributed by atoms with Crippen LogP contribution in [0.2, 0.25) is 0 Å². The lowest BCUT2D eigenvalue weighted by molar-refractivity contribution is -0.129. The second-order valence-corrected chi connectivity index (χ2v) is 8.57. The van der Waals surface area contributed by atoms with Gasteiger partial charge in [-0.1, -0.05) is 13.0 Å². The molecule has 4 rings (SSSR count). The summed E-state index contributed by atoms with van der Waals surface area (Å²) in [4.78, 5) is 12.4. The van der Waals surface area contributed by atoms with E-state index < -0.39 is 0 Å². The van der Waals surface area contributed by atoms with E-state index in [9.17, 15) is 9.90 Å². The number of carbonyl (C=O) groups is 1. The number of hydrogen-bond donors (Lipinski definition) is 1. The molecule has 3 aliphatic rings. The average molecular weight is 336 g/mol. The molecule has 0 radical (unpaired) electrons. The predicted octanol–water partition coefficient (Wildman–Crippen LogP) is 4.77. The van der Waals surface area contributed by atoms with Gasteiger partial charge in [0, 0.05) is 18.3 Å². The first-order valence-corrected chi connectivity index (χ1v) is 9.86. The van der Waals surface area contributed by atoms with Crippen molar-refractivity contribution >= 4 is 5.78 Å². The van der Waals surface area contributed by atoms with Crippen molar-refractivity contribution in [3.8, 4) is 18.1 Å². The van der Waals surface area contributed by atoms with Gasteiger partial charge in [0.15, 0.2) is 0 Å². The Labute approximate surface area is 151 Å². The van der Waals surface area contributed by atoms with Crippen LogP contribution in [0.3, 0.4) is 0 Å². The summed E-state index contributed by atoms with van der Waals surface area (Å²) in [7, 11) is 0. The average Bonchev–Trinajstić information content (AvgIpc) is 2.91. The number of aromatic hydroxyl groups is 1. The van der Waals surface area contributed by atoms with Gasteiger partial charge in [-0.3, -0.25) is 4.79 Å². The van der Waals surface area contributed by atoms with Crippen molar-refractivity contribution in [3.63, 3.8) is 0 Å². The fourth-order valence-corrected chi connectivity index (χ4v) is 6.01. The lowest BCUT2D eigenvalue weighted by Gasteiger charge is -2.48. The molecule has 1 aromatic carbocycles. The first-order valence-electron chi connectivity index (χ1n) is 9.86. The minimum atomic E-state index is -0.0643. The molecular weight excluding hydrogens is 308 g/mol. The van der Waals surface area contributed by atoms with Crippen LogP contribution in [-0.4, -0.2) is 10.9 Å². The Morgan fingerprint density at radius 1 is 1.28 bits per heavy atom. The Kier molecular flexibility index (Phi) is 4.14. The molecule has 0 saturated heterocycles. The van der Waals surface area contributed by atoms with E-state index in [0.717, 1.165) is 56.9 Å². The van der Waals surface area contributed by atoms with Crippen LogP contribution in [0, 0.1) is 29.6 Å². The number of unbranched alkanes of at least 4 members (excludes halogenated alkanes) is 1. The van der Waals surface area contributed by atoms with E-state index in [0.29, 0.717) is 29.3 Å². The van der Waals surface area contributed by atoms with Gasteiger partial charge in [-0.15, -0.1) is 12.3 Å². The topological polar surface area (TPSA) is 37.3 Å². The summed E-state index contributed by atoms with van der Waals surface area (Å²) in [5.74, 6) is 5.39. The maximum atomic E-state index is 12.4. The maximum Gasteiger partial charge on any atom is 0.139 e. The van der Waals surface area contributed by atoms with Gasteiger partial charge in [0.2, 0.25) is 0 Å². The van der Waals surface area contributed by atoms with Crippen molar-refractivity contribution in [2.45, 2.75) is 70.6 Å². The number of terminal acetylenes is 1. The Bertz CT molecular complexity index is 741. The lowest BCUT2D eigenvalue weighted by Crippen LogP contribution is -2.42. The zero-order chi connectivity index (χ0) is 17.6. The standard InChI is InChI=1S/C23H28O2/c1-3-4-5-6-16-13-19-15(14-21(16)24)7-8-18-17(19)11-12-23(2)20(18)9-10-22(23)25/h1,13-14,17-18,20,24H,4-12H2,2H3/t17-,18+,20-,23-/m0/s1. The normalized spacial score (nSPS) is 33.3. The summed E-state index contributed by atoms with van der Waals surface area (Å²) in [6.07, 6.45) is 14.1. The third-order valence-electron chi connectivity index (χ3n) is 7.40. The second kappa shape index (κ2) is 6.20. The van der Waals surface area contributed by atoms with Crippen LogP contribution in [0.1, 0.15) is 74.5 Å². The van der Waals surface area contributed by atoms with Gasteiger partial charge < -0.3 is 5.11 Å². The number of benzene rings is 1. The molecule has 0 spiro atoms. The Balaban J connectivity index is 1.64. The van der Waals surface area contributed by atoms with Gasteiger partial charge in [0.1, 0.15) is 11.5 Å². The van der Waals surface area contributed by atoms with E-state index in [1.807, 2.05) is 6.07 Å². The van der Waals surface area contributed by atoms with Crippen molar-refractivity contribution in [1.29, 1.82) is 0 Å². The summed E-state index contributed by atoms with van der Waals surface area (Å²) in [6, 6.07) is 4.27. The van der Waals surface area contributed by atoms with Gasteiger partial charge in [-0.2, -0.15) is 0 Å². The van der Waals surface area contributed by atoms with E-state index in [1.165, 1.54) is 17.5 Å². The second-order valence-electron chi connectivity index (χ2n) is 8.57. The molecule has 4 atom stereocenters. The van der Waals surface area contributed by atoms with Gasteiger partial charge in [-0.05, 0) is 85.5 Å². The van der Waals surface area contributed by atoms with E-state index in [-0.39, 0.29) is 5.41 Å². The van der Waals surface area contributed by atoms with Gasteiger partial charge in [0.25, 0.3) is 0 Å². The minimum absolute atomic E-state index is 0.0643. The lowest BCUT2D eigenvalue weighted by atomic mass is 9.55. The highest BCUT2D eigenvalue weighted by molar-refractivity contribution is 5.87. The van der Waals surface area contributed by atoms with Crippen LogP contribution in [0.4, 0.5) is 0 Å². The molecule has 0 amide bonds. The number of phenols is 1. The minimum Gasteiger partial charge on any atom is -0.508 e. The molecule has 2 saturated carbocycles. The predicted molar refractivity (Wildman–Crippen MR) is 99.5 cm³/mol. The smallest absolute Gasteiger partial charge is 0.139 e. The van der Waals surface area contributed by atoms with Crippen molar-refractivity contribution in [3.05, 3.63) is 28.8 Å². The number of ketones is 1. The van der Waals surface area contributed by atoms with Crippen LogP contribution in [0.5, 0.6) is 5.75 Å². The van der Waals surface area contributed by atoms with E-state index in [1.54, 1.807) is 0 Å². The molecule has 0 bridgehead atoms. The van der Waals surface area contributed by atoms with Crippen molar-refractivity contribution < 1.29 is 9.90 Å². The van der Waals surface area contributed by atoms with Crippen molar-refractivity contribution in [2.24, 2.45) is 17.3 Å². The number of phenolic OH excluding ortho intramolecular Hbond substituents is 1. The molecule has 0 aliphatic heterocycles. The molecule has 0 heterocycles. The number of fused-ring (bicyclic) bond motifs is 5. The third kappa shape index (κ3) is 2.60. The third-order valence-corrected chi connectivity index (χ3v) is 7.40. The monoisotopic (exact) mass is 336 g/mol. The van der Waals surface area contributed by atoms with E-state index >= 15 is 0 Å². The molecule has 1 aromatic rings. The highest BCUT2D eigenvalue weighted by Crippen LogP contribution is 2.59. The summed E-state index contributed by atoms with van der Waals surface area (Å²) < 4.78 is 0. The van der Waals surface area contributed by atoms with Gasteiger partial charge >= 0.3 is 0 Å². The molecule has 2 nitrogen and oxygen atoms in total. The van der Waals surface area contributed by atoms with E-state index in [4.69, 9.17) is 6.42 Å². The zero-order valence-corrected chi connectivity index (χ0v) is 15.2. The Morgan fingerprint density at radius 3 is 2.92 bits per heavy atom. The summed E-state index contributed by atoms with van der Waals surface area (Å²) >= 11 is 0. The fraction of sp³-hybridized carbons (Fsp3) is 0.609. The summed E-state index contributed by atoms with van der Waals surface area (Å²) in [6.45, 7) is 2.22. The van der Waals surface area contributed by atoms with E-state index in [2.05, 4.69) is 18.9 Å². The van der Waals surface area contributed by atoms with Crippen LogP contribution >= 0.6 is 0 Å². The van der Waals surface area contributed by atoms with Gasteiger partial charge in [0.05, 0.1) is 0 Å². The van der Waals surface area contributed by atoms with Crippen LogP contribution in [0.15, 0.2) is 12.1 Å². The van der Waals surface area contributed by atoms with Crippen LogP contribution in [-0.2, 0) is 17.6 Å².